The molecule has 0 unspecified atom stereocenters. The van der Waals surface area contributed by atoms with E-state index in [1.165, 1.54) is 24.3 Å². The van der Waals surface area contributed by atoms with E-state index in [9.17, 15) is 19.2 Å². The van der Waals surface area contributed by atoms with Crippen molar-refractivity contribution in [3.05, 3.63) is 89.5 Å². The van der Waals surface area contributed by atoms with Crippen LogP contribution in [-0.4, -0.2) is 30.4 Å². The van der Waals surface area contributed by atoms with Gasteiger partial charge in [0.2, 0.25) is 5.91 Å². The summed E-state index contributed by atoms with van der Waals surface area (Å²) in [5.41, 5.74) is 2.76. The summed E-state index contributed by atoms with van der Waals surface area (Å²) >= 11 is 0. The fraction of sp³-hybridized carbons (Fsp3) is 0.185. The van der Waals surface area contributed by atoms with Gasteiger partial charge in [-0.2, -0.15) is 0 Å². The second-order valence-corrected chi connectivity index (χ2v) is 7.65. The number of carbonyl (C=O) groups is 4. The lowest BCUT2D eigenvalue weighted by Crippen LogP contribution is -2.17. The SMILES string of the molecule is CCOC(=O)Oc1ccc(C(=O)Nc2ccccc2NC(=O)CCC(=O)c2ccc(C)cc2)cc1. The van der Waals surface area contributed by atoms with Crippen LogP contribution < -0.4 is 15.4 Å². The Kier molecular flexibility index (Phi) is 8.72. The highest BCUT2D eigenvalue weighted by molar-refractivity contribution is 6.07. The maximum absolute atomic E-state index is 12.7. The van der Waals surface area contributed by atoms with Crippen LogP contribution in [0.5, 0.6) is 5.75 Å². The predicted molar refractivity (Wildman–Crippen MR) is 132 cm³/mol. The largest absolute Gasteiger partial charge is 0.513 e. The maximum atomic E-state index is 12.7. The van der Waals surface area contributed by atoms with Crippen LogP contribution in [0.25, 0.3) is 0 Å². The Balaban J connectivity index is 1.57. The number of hydrogen-bond acceptors (Lipinski definition) is 6. The molecule has 0 radical (unpaired) electrons. The third-order valence-corrected chi connectivity index (χ3v) is 4.98. The zero-order valence-corrected chi connectivity index (χ0v) is 19.5. The Morgan fingerprint density at radius 2 is 1.34 bits per heavy atom. The van der Waals surface area contributed by atoms with Crippen LogP contribution in [0.15, 0.2) is 72.8 Å². The van der Waals surface area contributed by atoms with Gasteiger partial charge in [-0.05, 0) is 50.2 Å². The van der Waals surface area contributed by atoms with Crippen LogP contribution in [-0.2, 0) is 9.53 Å². The van der Waals surface area contributed by atoms with Crippen molar-refractivity contribution in [3.63, 3.8) is 0 Å². The summed E-state index contributed by atoms with van der Waals surface area (Å²) < 4.78 is 9.69. The fourth-order valence-corrected chi connectivity index (χ4v) is 3.14. The van der Waals surface area contributed by atoms with Crippen molar-refractivity contribution in [2.75, 3.05) is 17.2 Å². The molecule has 0 fully saturated rings. The number of amides is 2. The van der Waals surface area contributed by atoms with E-state index in [1.807, 2.05) is 19.1 Å². The highest BCUT2D eigenvalue weighted by Crippen LogP contribution is 2.23. The first kappa shape index (κ1) is 25.2. The summed E-state index contributed by atoms with van der Waals surface area (Å²) in [5, 5.41) is 5.50. The van der Waals surface area contributed by atoms with Gasteiger partial charge < -0.3 is 20.1 Å². The van der Waals surface area contributed by atoms with Crippen molar-refractivity contribution in [3.8, 4) is 5.75 Å². The molecule has 2 amide bonds. The van der Waals surface area contributed by atoms with Crippen molar-refractivity contribution < 1.29 is 28.7 Å². The summed E-state index contributed by atoms with van der Waals surface area (Å²) in [4.78, 5) is 48.9. The number of ketones is 1. The van der Waals surface area contributed by atoms with E-state index in [0.717, 1.165) is 5.56 Å². The molecule has 0 saturated heterocycles. The van der Waals surface area contributed by atoms with Gasteiger partial charge in [0.1, 0.15) is 5.75 Å². The minimum atomic E-state index is -0.824. The number of ether oxygens (including phenoxy) is 2. The molecule has 3 rings (SSSR count). The van der Waals surface area contributed by atoms with Gasteiger partial charge in [0, 0.05) is 24.0 Å². The van der Waals surface area contributed by atoms with Crippen molar-refractivity contribution in [1.82, 2.24) is 0 Å². The molecule has 0 heterocycles. The number of para-hydroxylation sites is 2. The molecule has 0 spiro atoms. The summed E-state index contributed by atoms with van der Waals surface area (Å²) in [6.07, 6.45) is -0.740. The van der Waals surface area contributed by atoms with E-state index in [4.69, 9.17) is 9.47 Å². The van der Waals surface area contributed by atoms with Gasteiger partial charge in [-0.1, -0.05) is 42.0 Å². The third-order valence-electron chi connectivity index (χ3n) is 4.98. The quantitative estimate of drug-likeness (QED) is 0.245. The molecule has 35 heavy (non-hydrogen) atoms. The van der Waals surface area contributed by atoms with Crippen LogP contribution in [0, 0.1) is 6.92 Å². The molecule has 8 nitrogen and oxygen atoms in total. The van der Waals surface area contributed by atoms with Gasteiger partial charge in [0.05, 0.1) is 18.0 Å². The van der Waals surface area contributed by atoms with Crippen molar-refractivity contribution in [2.24, 2.45) is 0 Å². The monoisotopic (exact) mass is 474 g/mol. The first-order valence-corrected chi connectivity index (χ1v) is 11.1. The van der Waals surface area contributed by atoms with E-state index in [2.05, 4.69) is 10.6 Å². The molecule has 3 aromatic carbocycles. The van der Waals surface area contributed by atoms with Gasteiger partial charge in [-0.25, -0.2) is 4.79 Å². The number of rotatable bonds is 9. The van der Waals surface area contributed by atoms with Gasteiger partial charge in [0.25, 0.3) is 5.91 Å². The zero-order valence-electron chi connectivity index (χ0n) is 19.5. The summed E-state index contributed by atoms with van der Waals surface area (Å²) in [6, 6.07) is 19.9. The summed E-state index contributed by atoms with van der Waals surface area (Å²) in [6.45, 7) is 3.80. The van der Waals surface area contributed by atoms with Crippen LogP contribution in [0.2, 0.25) is 0 Å². The van der Waals surface area contributed by atoms with E-state index >= 15 is 0 Å². The van der Waals surface area contributed by atoms with Crippen molar-refractivity contribution in [2.45, 2.75) is 26.7 Å². The molecule has 8 heteroatoms. The number of benzene rings is 3. The van der Waals surface area contributed by atoms with Crippen LogP contribution in [0.3, 0.4) is 0 Å². The summed E-state index contributed by atoms with van der Waals surface area (Å²) in [5.74, 6) is -0.624. The average Bonchev–Trinajstić information content (AvgIpc) is 2.84. The number of hydrogen-bond donors (Lipinski definition) is 2. The van der Waals surface area contributed by atoms with E-state index in [1.54, 1.807) is 43.3 Å². The van der Waals surface area contributed by atoms with E-state index < -0.39 is 12.1 Å². The lowest BCUT2D eigenvalue weighted by molar-refractivity contribution is -0.116. The lowest BCUT2D eigenvalue weighted by atomic mass is 10.0. The number of nitrogens with one attached hydrogen (secondary N) is 2. The first-order valence-electron chi connectivity index (χ1n) is 11.1. The highest BCUT2D eigenvalue weighted by atomic mass is 16.7. The molecule has 3 aromatic rings. The van der Waals surface area contributed by atoms with Gasteiger partial charge in [-0.3, -0.25) is 14.4 Å². The van der Waals surface area contributed by atoms with Crippen molar-refractivity contribution >= 4 is 35.1 Å². The topological polar surface area (TPSA) is 111 Å². The van der Waals surface area contributed by atoms with E-state index in [0.29, 0.717) is 22.5 Å². The van der Waals surface area contributed by atoms with Crippen LogP contribution in [0.1, 0.15) is 46.0 Å². The molecule has 0 aliphatic rings. The molecule has 0 bridgehead atoms. The molecule has 180 valence electrons. The Labute approximate surface area is 203 Å². The number of carbonyl (C=O) groups excluding carboxylic acids is 4. The minimum absolute atomic E-state index is 0.0108. The molecule has 2 N–H and O–H groups in total. The first-order chi connectivity index (χ1) is 16.9. The molecule has 0 aliphatic carbocycles. The zero-order chi connectivity index (χ0) is 25.2. The molecule has 0 aromatic heterocycles. The Hall–Kier alpha value is -4.46. The fourth-order valence-electron chi connectivity index (χ4n) is 3.14. The summed E-state index contributed by atoms with van der Waals surface area (Å²) in [7, 11) is 0. The number of aryl methyl sites for hydroxylation is 1. The van der Waals surface area contributed by atoms with Crippen LogP contribution >= 0.6 is 0 Å². The minimum Gasteiger partial charge on any atom is -0.434 e. The highest BCUT2D eigenvalue weighted by Gasteiger charge is 2.14. The Morgan fingerprint density at radius 1 is 0.743 bits per heavy atom. The molecule has 0 aliphatic heterocycles. The predicted octanol–water partition coefficient (Wildman–Crippen LogP) is 5.38. The molecular weight excluding hydrogens is 448 g/mol. The molecule has 0 atom stereocenters. The van der Waals surface area contributed by atoms with Crippen molar-refractivity contribution in [1.29, 1.82) is 0 Å². The lowest BCUT2D eigenvalue weighted by Gasteiger charge is -2.12. The Morgan fingerprint density at radius 3 is 1.97 bits per heavy atom. The third kappa shape index (κ3) is 7.53. The second kappa shape index (κ2) is 12.1. The molecule has 0 saturated carbocycles. The van der Waals surface area contributed by atoms with Gasteiger partial charge in [0.15, 0.2) is 5.78 Å². The Bertz CT molecular complexity index is 1200. The molecular formula is C27H26N2O6. The van der Waals surface area contributed by atoms with E-state index in [-0.39, 0.29) is 36.9 Å². The second-order valence-electron chi connectivity index (χ2n) is 7.65. The van der Waals surface area contributed by atoms with Crippen LogP contribution in [0.4, 0.5) is 16.2 Å². The smallest absolute Gasteiger partial charge is 0.434 e. The van der Waals surface area contributed by atoms with Gasteiger partial charge in [-0.15, -0.1) is 0 Å². The normalized spacial score (nSPS) is 10.2. The maximum Gasteiger partial charge on any atom is 0.513 e. The standard InChI is InChI=1S/C27H26N2O6/c1-3-34-27(33)35-21-14-12-20(13-15-21)26(32)29-23-7-5-4-6-22(23)28-25(31)17-16-24(30)19-10-8-18(2)9-11-19/h4-15H,3,16-17H2,1-2H3,(H,28,31)(H,29,32). The van der Waals surface area contributed by atoms with Gasteiger partial charge >= 0.3 is 6.16 Å². The number of anilines is 2. The average molecular weight is 475 g/mol. The number of Topliss-reactive ketones (excluding diaryl/α,β-unsaturated/α-hetero) is 1.